The molecule has 3 heterocycles. The molecule has 2 aliphatic rings. The molecule has 0 saturated carbocycles. The Morgan fingerprint density at radius 2 is 0.852 bits per heavy atom. The third-order valence-electron chi connectivity index (χ3n) is 10.9. The summed E-state index contributed by atoms with van der Waals surface area (Å²) in [6, 6.07) is 59.3. The standard InChI is InChI=1S/C49H30N4O/c1-3-14-31(15-4-1)46-51-47(32-16-5-2-6-17-32)53-48(52-46)39-23-13-27-43-45(39)54-44-38(35-21-11-18-33-30-50-29-28-34(33)35)22-12-26-42(44)49(43)40-24-9-7-19-36(40)37-20-8-10-25-41(37)49/h1-30H. The van der Waals surface area contributed by atoms with Gasteiger partial charge in [-0.15, -0.1) is 0 Å². The van der Waals surface area contributed by atoms with Crippen LogP contribution in [0.4, 0.5) is 0 Å². The summed E-state index contributed by atoms with van der Waals surface area (Å²) in [4.78, 5) is 19.8. The van der Waals surface area contributed by atoms with Gasteiger partial charge in [0.15, 0.2) is 17.5 Å². The number of ether oxygens (including phenoxy) is 1. The van der Waals surface area contributed by atoms with Crippen molar-refractivity contribution in [3.63, 3.8) is 0 Å². The highest BCUT2D eigenvalue weighted by Crippen LogP contribution is 2.64. The zero-order valence-electron chi connectivity index (χ0n) is 29.0. The van der Waals surface area contributed by atoms with Crippen molar-refractivity contribution in [2.75, 3.05) is 0 Å². The molecule has 0 amide bonds. The second-order valence-electron chi connectivity index (χ2n) is 13.7. The highest BCUT2D eigenvalue weighted by Gasteiger charge is 2.52. The minimum atomic E-state index is -0.675. The van der Waals surface area contributed by atoms with Crippen LogP contribution in [-0.4, -0.2) is 19.9 Å². The summed E-state index contributed by atoms with van der Waals surface area (Å²) in [6.07, 6.45) is 3.78. The van der Waals surface area contributed by atoms with Crippen LogP contribution in [0, 0.1) is 0 Å². The molecule has 0 saturated heterocycles. The first-order valence-electron chi connectivity index (χ1n) is 18.1. The van der Waals surface area contributed by atoms with Gasteiger partial charge in [0.1, 0.15) is 11.5 Å². The normalized spacial score (nSPS) is 13.1. The predicted molar refractivity (Wildman–Crippen MR) is 214 cm³/mol. The second-order valence-corrected chi connectivity index (χ2v) is 13.7. The van der Waals surface area contributed by atoms with Crippen molar-refractivity contribution in [1.29, 1.82) is 0 Å². The van der Waals surface area contributed by atoms with Crippen molar-refractivity contribution in [3.05, 3.63) is 205 Å². The molecule has 1 aliphatic carbocycles. The Morgan fingerprint density at radius 1 is 0.370 bits per heavy atom. The van der Waals surface area contributed by atoms with Gasteiger partial charge < -0.3 is 4.74 Å². The number of rotatable bonds is 4. The zero-order valence-corrected chi connectivity index (χ0v) is 29.0. The maximum atomic E-state index is 7.39. The Morgan fingerprint density at radius 3 is 1.50 bits per heavy atom. The fraction of sp³-hybridized carbons (Fsp3) is 0.0204. The first-order valence-corrected chi connectivity index (χ1v) is 18.1. The van der Waals surface area contributed by atoms with E-state index in [2.05, 4.69) is 114 Å². The Kier molecular flexibility index (Phi) is 6.70. The van der Waals surface area contributed by atoms with Crippen LogP contribution in [0.2, 0.25) is 0 Å². The highest BCUT2D eigenvalue weighted by molar-refractivity contribution is 5.99. The third kappa shape index (κ3) is 4.39. The molecule has 252 valence electrons. The molecular formula is C49H30N4O. The topological polar surface area (TPSA) is 60.8 Å². The molecule has 5 nitrogen and oxygen atoms in total. The van der Waals surface area contributed by atoms with Crippen LogP contribution in [0.3, 0.4) is 0 Å². The van der Waals surface area contributed by atoms with E-state index in [1.807, 2.05) is 73.1 Å². The van der Waals surface area contributed by atoms with E-state index in [0.717, 1.165) is 61.2 Å². The van der Waals surface area contributed by atoms with E-state index in [9.17, 15) is 0 Å². The van der Waals surface area contributed by atoms with Crippen LogP contribution < -0.4 is 4.74 Å². The maximum Gasteiger partial charge on any atom is 0.167 e. The maximum absolute atomic E-state index is 7.39. The van der Waals surface area contributed by atoms with Crippen LogP contribution in [0.25, 0.3) is 67.2 Å². The molecule has 1 aliphatic heterocycles. The summed E-state index contributed by atoms with van der Waals surface area (Å²) in [5.41, 5.74) is 11.1. The Balaban J connectivity index is 1.24. The summed E-state index contributed by atoms with van der Waals surface area (Å²) in [5.74, 6) is 3.30. The summed E-state index contributed by atoms with van der Waals surface area (Å²) in [7, 11) is 0. The van der Waals surface area contributed by atoms with Crippen LogP contribution >= 0.6 is 0 Å². The number of fused-ring (bicyclic) bond motifs is 10. The van der Waals surface area contributed by atoms with Gasteiger partial charge in [-0.2, -0.15) is 0 Å². The molecular weight excluding hydrogens is 661 g/mol. The number of hydrogen-bond acceptors (Lipinski definition) is 5. The lowest BCUT2D eigenvalue weighted by atomic mass is 9.65. The van der Waals surface area contributed by atoms with E-state index in [0.29, 0.717) is 17.5 Å². The number of benzene rings is 7. The van der Waals surface area contributed by atoms with Gasteiger partial charge in [-0.1, -0.05) is 158 Å². The lowest BCUT2D eigenvalue weighted by molar-refractivity contribution is 0.439. The van der Waals surface area contributed by atoms with E-state index in [1.54, 1.807) is 0 Å². The van der Waals surface area contributed by atoms with Gasteiger partial charge in [0.05, 0.1) is 11.0 Å². The lowest BCUT2D eigenvalue weighted by Crippen LogP contribution is -2.32. The summed E-state index contributed by atoms with van der Waals surface area (Å²) < 4.78 is 7.39. The molecule has 54 heavy (non-hydrogen) atoms. The largest absolute Gasteiger partial charge is 0.455 e. The van der Waals surface area contributed by atoms with Crippen molar-refractivity contribution >= 4 is 10.8 Å². The lowest BCUT2D eigenvalue weighted by Gasteiger charge is -2.40. The van der Waals surface area contributed by atoms with E-state index in [4.69, 9.17) is 19.7 Å². The molecule has 11 rings (SSSR count). The number of para-hydroxylation sites is 2. The summed E-state index contributed by atoms with van der Waals surface area (Å²) in [5, 5.41) is 2.19. The van der Waals surface area contributed by atoms with Gasteiger partial charge in [0, 0.05) is 45.6 Å². The van der Waals surface area contributed by atoms with Gasteiger partial charge in [0.25, 0.3) is 0 Å². The molecule has 2 aromatic heterocycles. The fourth-order valence-corrected chi connectivity index (χ4v) is 8.62. The number of aromatic nitrogens is 4. The number of nitrogens with zero attached hydrogens (tertiary/aromatic N) is 4. The summed E-state index contributed by atoms with van der Waals surface area (Å²) in [6.45, 7) is 0. The molecule has 0 radical (unpaired) electrons. The molecule has 0 unspecified atom stereocenters. The van der Waals surface area contributed by atoms with Crippen molar-refractivity contribution in [2.24, 2.45) is 0 Å². The minimum Gasteiger partial charge on any atom is -0.455 e. The van der Waals surface area contributed by atoms with Crippen molar-refractivity contribution in [3.8, 4) is 67.9 Å². The molecule has 0 fully saturated rings. The number of hydrogen-bond donors (Lipinski definition) is 0. The average molecular weight is 691 g/mol. The highest BCUT2D eigenvalue weighted by atomic mass is 16.5. The van der Waals surface area contributed by atoms with Crippen molar-refractivity contribution < 1.29 is 4.74 Å². The summed E-state index contributed by atoms with van der Waals surface area (Å²) >= 11 is 0. The molecule has 9 aromatic rings. The first-order chi connectivity index (χ1) is 26.8. The van der Waals surface area contributed by atoms with Gasteiger partial charge in [-0.3, -0.25) is 4.98 Å². The SMILES string of the molecule is c1ccc(-c2nc(-c3ccccc3)nc(-c3cccc4c3Oc3c(-c5cccc6cnccc56)cccc3C43c4ccccc4-c4ccccc43)n2)cc1. The Labute approximate surface area is 312 Å². The second kappa shape index (κ2) is 11.9. The molecule has 0 N–H and O–H groups in total. The average Bonchev–Trinajstić information content (AvgIpc) is 3.54. The van der Waals surface area contributed by atoms with E-state index >= 15 is 0 Å². The predicted octanol–water partition coefficient (Wildman–Crippen LogP) is 11.6. The van der Waals surface area contributed by atoms with Gasteiger partial charge in [-0.25, -0.2) is 15.0 Å². The minimum absolute atomic E-state index is 0.548. The Hall–Kier alpha value is -7.24. The van der Waals surface area contributed by atoms with E-state index in [-0.39, 0.29) is 0 Å². The fourth-order valence-electron chi connectivity index (χ4n) is 8.62. The van der Waals surface area contributed by atoms with E-state index < -0.39 is 5.41 Å². The van der Waals surface area contributed by atoms with Crippen molar-refractivity contribution in [1.82, 2.24) is 19.9 Å². The first kappa shape index (κ1) is 30.4. The third-order valence-corrected chi connectivity index (χ3v) is 10.9. The van der Waals surface area contributed by atoms with Crippen molar-refractivity contribution in [2.45, 2.75) is 5.41 Å². The quantitative estimate of drug-likeness (QED) is 0.184. The van der Waals surface area contributed by atoms with Crippen LogP contribution in [0.15, 0.2) is 182 Å². The molecule has 0 bridgehead atoms. The number of pyridine rings is 1. The van der Waals surface area contributed by atoms with Crippen LogP contribution in [0.1, 0.15) is 22.3 Å². The smallest absolute Gasteiger partial charge is 0.167 e. The molecule has 1 spiro atoms. The monoisotopic (exact) mass is 690 g/mol. The van der Waals surface area contributed by atoms with E-state index in [1.165, 1.54) is 22.3 Å². The van der Waals surface area contributed by atoms with Crippen LogP contribution in [-0.2, 0) is 5.41 Å². The van der Waals surface area contributed by atoms with Crippen LogP contribution in [0.5, 0.6) is 11.5 Å². The van der Waals surface area contributed by atoms with Gasteiger partial charge in [0.2, 0.25) is 0 Å². The molecule has 7 aromatic carbocycles. The molecule has 0 atom stereocenters. The van der Waals surface area contributed by atoms with Gasteiger partial charge in [-0.05, 0) is 45.3 Å². The molecule has 5 heteroatoms. The Bertz CT molecular complexity index is 2810. The van der Waals surface area contributed by atoms with Gasteiger partial charge >= 0.3 is 0 Å². The zero-order chi connectivity index (χ0) is 35.6.